The van der Waals surface area contributed by atoms with E-state index in [0.717, 1.165) is 43.6 Å². The number of nitriles is 1. The number of carbonyl (C=O) groups excluding carboxylic acids is 1. The van der Waals surface area contributed by atoms with Gasteiger partial charge in [0.15, 0.2) is 0 Å². The predicted octanol–water partition coefficient (Wildman–Crippen LogP) is 4.25. The zero-order chi connectivity index (χ0) is 23.8. The molecule has 0 radical (unpaired) electrons. The predicted molar refractivity (Wildman–Crippen MR) is 131 cm³/mol. The molecule has 8 heteroatoms. The highest BCUT2D eigenvalue weighted by atomic mass is 32.2. The molecule has 1 amide bonds. The molecule has 1 aliphatic heterocycles. The van der Waals surface area contributed by atoms with E-state index < -0.39 is 15.9 Å². The van der Waals surface area contributed by atoms with E-state index in [1.165, 1.54) is 16.4 Å². The van der Waals surface area contributed by atoms with Gasteiger partial charge in [-0.3, -0.25) is 4.79 Å². The maximum absolute atomic E-state index is 13.1. The molecule has 3 rings (SSSR count). The maximum Gasteiger partial charge on any atom is 0.266 e. The van der Waals surface area contributed by atoms with E-state index in [9.17, 15) is 18.5 Å². The van der Waals surface area contributed by atoms with Gasteiger partial charge in [-0.1, -0.05) is 44.2 Å². The topological polar surface area (TPSA) is 93.5 Å². The van der Waals surface area contributed by atoms with E-state index in [1.807, 2.05) is 24.3 Å². The number of hydrogen-bond donors (Lipinski definition) is 1. The lowest BCUT2D eigenvalue weighted by molar-refractivity contribution is -0.112. The van der Waals surface area contributed by atoms with Gasteiger partial charge in [-0.05, 0) is 49.1 Å². The van der Waals surface area contributed by atoms with Crippen LogP contribution in [-0.2, 0) is 14.8 Å². The number of anilines is 2. The van der Waals surface area contributed by atoms with Crippen molar-refractivity contribution in [3.05, 3.63) is 59.7 Å². The Labute approximate surface area is 196 Å². The van der Waals surface area contributed by atoms with Crippen LogP contribution in [0.1, 0.15) is 38.7 Å². The number of carbonyl (C=O) groups is 1. The number of nitrogens with zero attached hydrogens (tertiary/aromatic N) is 3. The first-order valence-corrected chi connectivity index (χ1v) is 12.7. The van der Waals surface area contributed by atoms with E-state index in [0.29, 0.717) is 18.8 Å². The second-order valence-electron chi connectivity index (χ2n) is 7.85. The fraction of sp³-hybridized carbons (Fsp3) is 0.360. The molecule has 0 bridgehead atoms. The van der Waals surface area contributed by atoms with Crippen LogP contribution >= 0.6 is 0 Å². The van der Waals surface area contributed by atoms with Crippen LogP contribution in [0.25, 0.3) is 6.08 Å². The maximum atomic E-state index is 13.1. The quantitative estimate of drug-likeness (QED) is 0.464. The van der Waals surface area contributed by atoms with Gasteiger partial charge in [-0.2, -0.15) is 9.57 Å². The summed E-state index contributed by atoms with van der Waals surface area (Å²) in [5.74, 6) is -0.572. The average Bonchev–Trinajstić information content (AvgIpc) is 2.84. The molecule has 0 spiro atoms. The average molecular weight is 467 g/mol. The highest BCUT2D eigenvalue weighted by Crippen LogP contribution is 2.32. The third-order valence-electron chi connectivity index (χ3n) is 5.73. The van der Waals surface area contributed by atoms with E-state index in [-0.39, 0.29) is 10.5 Å². The lowest BCUT2D eigenvalue weighted by Crippen LogP contribution is -2.32. The van der Waals surface area contributed by atoms with Crippen LogP contribution in [-0.4, -0.2) is 44.8 Å². The van der Waals surface area contributed by atoms with Gasteiger partial charge in [0.2, 0.25) is 10.0 Å². The molecule has 0 saturated carbocycles. The first-order chi connectivity index (χ1) is 15.9. The van der Waals surface area contributed by atoms with E-state index in [4.69, 9.17) is 0 Å². The number of amides is 1. The molecule has 0 aromatic heterocycles. The van der Waals surface area contributed by atoms with Crippen LogP contribution in [0.3, 0.4) is 0 Å². The Kier molecular flexibility index (Phi) is 8.26. The van der Waals surface area contributed by atoms with Gasteiger partial charge in [0.25, 0.3) is 5.91 Å². The van der Waals surface area contributed by atoms with Crippen LogP contribution < -0.4 is 10.2 Å². The third kappa shape index (κ3) is 5.81. The van der Waals surface area contributed by atoms with Gasteiger partial charge in [-0.15, -0.1) is 0 Å². The Balaban J connectivity index is 2.00. The van der Waals surface area contributed by atoms with Crippen molar-refractivity contribution in [1.29, 1.82) is 5.26 Å². The molecule has 0 atom stereocenters. The molecule has 1 N–H and O–H groups in total. The fourth-order valence-corrected chi connectivity index (χ4v) is 5.44. The molecule has 2 aromatic rings. The fourth-order valence-electron chi connectivity index (χ4n) is 3.95. The Morgan fingerprint density at radius 1 is 1.09 bits per heavy atom. The number of hydrogen-bond acceptors (Lipinski definition) is 5. The number of piperidine rings is 1. The standard InChI is InChI=1S/C25H30N4O3S/c1-3-29(4-2)33(31,32)22-13-14-24(28-15-9-6-10-16-28)23(18-22)27-25(30)21(19-26)17-20-11-7-5-8-12-20/h5,7-8,11-14,17-18H,3-4,6,9-10,15-16H2,1-2H3,(H,27,30). The summed E-state index contributed by atoms with van der Waals surface area (Å²) in [6.45, 7) is 5.95. The first kappa shape index (κ1) is 24.5. The van der Waals surface area contributed by atoms with Gasteiger partial charge in [0.05, 0.1) is 16.3 Å². The molecule has 1 fully saturated rings. The van der Waals surface area contributed by atoms with Crippen molar-refractivity contribution in [2.75, 3.05) is 36.4 Å². The van der Waals surface area contributed by atoms with Crippen molar-refractivity contribution >= 4 is 33.4 Å². The highest BCUT2D eigenvalue weighted by Gasteiger charge is 2.25. The summed E-state index contributed by atoms with van der Waals surface area (Å²) in [5.41, 5.74) is 1.84. The second kappa shape index (κ2) is 11.1. The highest BCUT2D eigenvalue weighted by molar-refractivity contribution is 7.89. The van der Waals surface area contributed by atoms with Crippen LogP contribution in [0, 0.1) is 11.3 Å². The number of rotatable bonds is 8. The minimum atomic E-state index is -3.70. The molecule has 7 nitrogen and oxygen atoms in total. The van der Waals surface area contributed by atoms with Gasteiger partial charge in [0, 0.05) is 26.2 Å². The van der Waals surface area contributed by atoms with Crippen LogP contribution in [0.15, 0.2) is 59.0 Å². The molecule has 2 aromatic carbocycles. The van der Waals surface area contributed by atoms with Gasteiger partial charge < -0.3 is 10.2 Å². The van der Waals surface area contributed by atoms with Crippen LogP contribution in [0.5, 0.6) is 0 Å². The zero-order valence-corrected chi connectivity index (χ0v) is 19.9. The molecule has 1 aliphatic rings. The lowest BCUT2D eigenvalue weighted by Gasteiger charge is -2.31. The first-order valence-electron chi connectivity index (χ1n) is 11.3. The van der Waals surface area contributed by atoms with Gasteiger partial charge >= 0.3 is 0 Å². The van der Waals surface area contributed by atoms with Crippen molar-refractivity contribution in [2.45, 2.75) is 38.0 Å². The van der Waals surface area contributed by atoms with E-state index >= 15 is 0 Å². The smallest absolute Gasteiger partial charge is 0.266 e. The molecule has 33 heavy (non-hydrogen) atoms. The number of nitrogens with one attached hydrogen (secondary N) is 1. The molecular weight excluding hydrogens is 436 g/mol. The molecule has 0 unspecified atom stereocenters. The van der Waals surface area contributed by atoms with Gasteiger partial charge in [0.1, 0.15) is 11.6 Å². The van der Waals surface area contributed by atoms with Crippen molar-refractivity contribution in [3.63, 3.8) is 0 Å². The SMILES string of the molecule is CCN(CC)S(=O)(=O)c1ccc(N2CCCCC2)c(NC(=O)C(C#N)=Cc2ccccc2)c1. The Morgan fingerprint density at radius 3 is 2.36 bits per heavy atom. The summed E-state index contributed by atoms with van der Waals surface area (Å²) in [6, 6.07) is 15.9. The van der Waals surface area contributed by atoms with Crippen molar-refractivity contribution < 1.29 is 13.2 Å². The van der Waals surface area contributed by atoms with Crippen molar-refractivity contribution in [2.24, 2.45) is 0 Å². The normalized spacial score (nSPS) is 14.7. The summed E-state index contributed by atoms with van der Waals surface area (Å²) in [6.07, 6.45) is 4.73. The number of benzene rings is 2. The second-order valence-corrected chi connectivity index (χ2v) is 9.79. The Bertz CT molecular complexity index is 1140. The summed E-state index contributed by atoms with van der Waals surface area (Å²) in [7, 11) is -3.70. The molecule has 1 heterocycles. The summed E-state index contributed by atoms with van der Waals surface area (Å²) < 4.78 is 27.6. The monoisotopic (exact) mass is 466 g/mol. The summed E-state index contributed by atoms with van der Waals surface area (Å²) in [4.78, 5) is 15.3. The summed E-state index contributed by atoms with van der Waals surface area (Å²) in [5, 5.41) is 12.4. The zero-order valence-electron chi connectivity index (χ0n) is 19.1. The van der Waals surface area contributed by atoms with Crippen molar-refractivity contribution in [3.8, 4) is 6.07 Å². The van der Waals surface area contributed by atoms with Gasteiger partial charge in [-0.25, -0.2) is 8.42 Å². The lowest BCUT2D eigenvalue weighted by atomic mass is 10.1. The van der Waals surface area contributed by atoms with E-state index in [2.05, 4.69) is 10.2 Å². The minimum absolute atomic E-state index is 0.0530. The largest absolute Gasteiger partial charge is 0.370 e. The summed E-state index contributed by atoms with van der Waals surface area (Å²) >= 11 is 0. The Hall–Kier alpha value is -3.15. The Morgan fingerprint density at radius 2 is 1.76 bits per heavy atom. The molecule has 1 saturated heterocycles. The van der Waals surface area contributed by atoms with E-state index in [1.54, 1.807) is 38.1 Å². The molecular formula is C25H30N4O3S. The van der Waals surface area contributed by atoms with Crippen LogP contribution in [0.2, 0.25) is 0 Å². The minimum Gasteiger partial charge on any atom is -0.370 e. The third-order valence-corrected chi connectivity index (χ3v) is 7.78. The molecule has 174 valence electrons. The van der Waals surface area contributed by atoms with Crippen molar-refractivity contribution in [1.82, 2.24) is 4.31 Å². The molecule has 0 aliphatic carbocycles. The van der Waals surface area contributed by atoms with Crippen LogP contribution in [0.4, 0.5) is 11.4 Å². The number of sulfonamides is 1.